The van der Waals surface area contributed by atoms with Gasteiger partial charge in [-0.25, -0.2) is 0 Å². The van der Waals surface area contributed by atoms with Gasteiger partial charge in [-0.05, 0) is 25.6 Å². The molecule has 1 saturated heterocycles. The Kier molecular flexibility index (Phi) is 6.02. The molecule has 1 heterocycles. The van der Waals surface area contributed by atoms with E-state index in [1.165, 1.54) is 0 Å². The summed E-state index contributed by atoms with van der Waals surface area (Å²) in [5.41, 5.74) is 2.15. The Morgan fingerprint density at radius 1 is 1.48 bits per heavy atom. The Balaban J connectivity index is 1.95. The van der Waals surface area contributed by atoms with Crippen LogP contribution >= 0.6 is 0 Å². The number of hydrogen-bond donors (Lipinski definition) is 2. The second-order valence-electron chi connectivity index (χ2n) is 5.34. The van der Waals surface area contributed by atoms with Crippen molar-refractivity contribution in [2.45, 2.75) is 32.4 Å². The molecule has 1 fully saturated rings. The van der Waals surface area contributed by atoms with E-state index in [0.29, 0.717) is 26.1 Å². The van der Waals surface area contributed by atoms with Crippen LogP contribution in [0.5, 0.6) is 5.75 Å². The minimum absolute atomic E-state index is 0.0417. The van der Waals surface area contributed by atoms with E-state index in [0.717, 1.165) is 29.9 Å². The fraction of sp³-hybridized carbons (Fsp3) is 0.562. The summed E-state index contributed by atoms with van der Waals surface area (Å²) in [6, 6.07) is 6.07. The molecule has 2 N–H and O–H groups in total. The van der Waals surface area contributed by atoms with Crippen LogP contribution in [-0.2, 0) is 16.1 Å². The van der Waals surface area contributed by atoms with Gasteiger partial charge in [0.15, 0.2) is 0 Å². The molecule has 1 unspecified atom stereocenters. The average Bonchev–Trinajstić information content (AvgIpc) is 2.97. The number of aryl methyl sites for hydroxylation is 1. The van der Waals surface area contributed by atoms with Crippen LogP contribution in [0.1, 0.15) is 24.0 Å². The molecule has 5 nitrogen and oxygen atoms in total. The average molecular weight is 292 g/mol. The highest BCUT2D eigenvalue weighted by Gasteiger charge is 2.18. The summed E-state index contributed by atoms with van der Waals surface area (Å²) in [5.74, 6) is 0.888. The highest BCUT2D eigenvalue weighted by molar-refractivity contribution is 5.76. The van der Waals surface area contributed by atoms with Gasteiger partial charge in [0.2, 0.25) is 5.91 Å². The minimum Gasteiger partial charge on any atom is -0.488 e. The van der Waals surface area contributed by atoms with Gasteiger partial charge in [-0.2, -0.15) is 0 Å². The Bertz CT molecular complexity index is 471. The molecule has 0 spiro atoms. The zero-order chi connectivity index (χ0) is 15.1. The first kappa shape index (κ1) is 15.8. The smallest absolute Gasteiger partial charge is 0.221 e. The second-order valence-corrected chi connectivity index (χ2v) is 5.34. The van der Waals surface area contributed by atoms with Gasteiger partial charge in [-0.1, -0.05) is 12.1 Å². The molecule has 1 atom stereocenters. The van der Waals surface area contributed by atoms with Crippen molar-refractivity contribution in [1.29, 1.82) is 0 Å². The third kappa shape index (κ3) is 5.02. The van der Waals surface area contributed by atoms with Crippen LogP contribution in [0, 0.1) is 6.92 Å². The van der Waals surface area contributed by atoms with E-state index in [4.69, 9.17) is 9.47 Å². The molecule has 2 rings (SSSR count). The van der Waals surface area contributed by atoms with E-state index in [-0.39, 0.29) is 12.0 Å². The molecule has 5 heteroatoms. The van der Waals surface area contributed by atoms with E-state index in [2.05, 4.69) is 10.6 Å². The molecule has 0 saturated carbocycles. The molecule has 0 aliphatic carbocycles. The molecule has 1 aliphatic heterocycles. The SMILES string of the molecule is CNCCC(=O)NCc1ccc(C)cc1OC1CCOC1. The molecule has 21 heavy (non-hydrogen) atoms. The number of carbonyl (C=O) groups is 1. The van der Waals surface area contributed by atoms with E-state index in [1.807, 2.05) is 32.2 Å². The lowest BCUT2D eigenvalue weighted by molar-refractivity contribution is -0.121. The fourth-order valence-corrected chi connectivity index (χ4v) is 2.22. The lowest BCUT2D eigenvalue weighted by atomic mass is 10.1. The van der Waals surface area contributed by atoms with Crippen LogP contribution < -0.4 is 15.4 Å². The molecule has 0 aromatic heterocycles. The molecular weight excluding hydrogens is 268 g/mol. The number of carbonyl (C=O) groups excluding carboxylic acids is 1. The highest BCUT2D eigenvalue weighted by atomic mass is 16.5. The maximum absolute atomic E-state index is 11.7. The molecule has 1 aliphatic rings. The number of nitrogens with one attached hydrogen (secondary N) is 2. The number of amides is 1. The quantitative estimate of drug-likeness (QED) is 0.797. The van der Waals surface area contributed by atoms with Crippen LogP contribution in [0.15, 0.2) is 18.2 Å². The molecular formula is C16H24N2O3. The summed E-state index contributed by atoms with van der Waals surface area (Å²) in [4.78, 5) is 11.7. The molecule has 1 amide bonds. The Morgan fingerprint density at radius 2 is 2.33 bits per heavy atom. The maximum atomic E-state index is 11.7. The molecule has 0 bridgehead atoms. The Hall–Kier alpha value is -1.59. The van der Waals surface area contributed by atoms with E-state index < -0.39 is 0 Å². The fourth-order valence-electron chi connectivity index (χ4n) is 2.22. The third-order valence-corrected chi connectivity index (χ3v) is 3.48. The van der Waals surface area contributed by atoms with Crippen molar-refractivity contribution in [1.82, 2.24) is 10.6 Å². The largest absolute Gasteiger partial charge is 0.488 e. The Morgan fingerprint density at radius 3 is 3.05 bits per heavy atom. The number of benzene rings is 1. The second kappa shape index (κ2) is 8.00. The van der Waals surface area contributed by atoms with E-state index >= 15 is 0 Å². The van der Waals surface area contributed by atoms with Gasteiger partial charge in [-0.15, -0.1) is 0 Å². The monoisotopic (exact) mass is 292 g/mol. The van der Waals surface area contributed by atoms with Crippen LogP contribution in [0.4, 0.5) is 0 Å². The van der Waals surface area contributed by atoms with Crippen molar-refractivity contribution in [3.63, 3.8) is 0 Å². The molecule has 1 aromatic rings. The van der Waals surface area contributed by atoms with Gasteiger partial charge in [0.25, 0.3) is 0 Å². The molecule has 1 aromatic carbocycles. The standard InChI is InChI=1S/C16H24N2O3/c1-12-3-4-13(10-18-16(19)5-7-17-2)15(9-12)21-14-6-8-20-11-14/h3-4,9,14,17H,5-8,10-11H2,1-2H3,(H,18,19). The van der Waals surface area contributed by atoms with Crippen LogP contribution in [0.3, 0.4) is 0 Å². The number of rotatable bonds is 7. The van der Waals surface area contributed by atoms with Gasteiger partial charge in [0.05, 0.1) is 13.2 Å². The topological polar surface area (TPSA) is 59.6 Å². The van der Waals surface area contributed by atoms with Gasteiger partial charge in [-0.3, -0.25) is 4.79 Å². The lowest BCUT2D eigenvalue weighted by Crippen LogP contribution is -2.26. The number of ether oxygens (including phenoxy) is 2. The van der Waals surface area contributed by atoms with Crippen LogP contribution in [0.25, 0.3) is 0 Å². The van der Waals surface area contributed by atoms with Crippen molar-refractivity contribution in [3.8, 4) is 5.75 Å². The Labute approximate surface area is 126 Å². The predicted molar refractivity (Wildman–Crippen MR) is 81.4 cm³/mol. The normalized spacial score (nSPS) is 17.7. The van der Waals surface area contributed by atoms with Gasteiger partial charge in [0, 0.05) is 31.5 Å². The summed E-state index contributed by atoms with van der Waals surface area (Å²) in [6.07, 6.45) is 1.52. The van der Waals surface area contributed by atoms with Crippen molar-refractivity contribution in [2.75, 3.05) is 26.8 Å². The summed E-state index contributed by atoms with van der Waals surface area (Å²) in [7, 11) is 1.84. The minimum atomic E-state index is 0.0417. The summed E-state index contributed by atoms with van der Waals surface area (Å²) >= 11 is 0. The molecule has 0 radical (unpaired) electrons. The first-order valence-corrected chi connectivity index (χ1v) is 7.44. The number of hydrogen-bond acceptors (Lipinski definition) is 4. The van der Waals surface area contributed by atoms with Gasteiger partial charge in [0.1, 0.15) is 11.9 Å². The zero-order valence-corrected chi connectivity index (χ0v) is 12.8. The van der Waals surface area contributed by atoms with E-state index in [1.54, 1.807) is 0 Å². The van der Waals surface area contributed by atoms with E-state index in [9.17, 15) is 4.79 Å². The summed E-state index contributed by atoms with van der Waals surface area (Å²) < 4.78 is 11.4. The van der Waals surface area contributed by atoms with Gasteiger partial charge >= 0.3 is 0 Å². The van der Waals surface area contributed by atoms with Crippen molar-refractivity contribution < 1.29 is 14.3 Å². The maximum Gasteiger partial charge on any atom is 0.221 e. The predicted octanol–water partition coefficient (Wildman–Crippen LogP) is 1.39. The molecule has 116 valence electrons. The van der Waals surface area contributed by atoms with Crippen LogP contribution in [-0.4, -0.2) is 38.8 Å². The first-order chi connectivity index (χ1) is 10.2. The van der Waals surface area contributed by atoms with Crippen molar-refractivity contribution in [2.24, 2.45) is 0 Å². The highest BCUT2D eigenvalue weighted by Crippen LogP contribution is 2.23. The zero-order valence-electron chi connectivity index (χ0n) is 12.8. The van der Waals surface area contributed by atoms with Crippen molar-refractivity contribution >= 4 is 5.91 Å². The van der Waals surface area contributed by atoms with Crippen molar-refractivity contribution in [3.05, 3.63) is 29.3 Å². The van der Waals surface area contributed by atoms with Crippen LogP contribution in [0.2, 0.25) is 0 Å². The van der Waals surface area contributed by atoms with Gasteiger partial charge < -0.3 is 20.1 Å². The third-order valence-electron chi connectivity index (χ3n) is 3.48. The first-order valence-electron chi connectivity index (χ1n) is 7.44. The summed E-state index contributed by atoms with van der Waals surface area (Å²) in [5, 5.41) is 5.89. The summed E-state index contributed by atoms with van der Waals surface area (Å²) in [6.45, 7) is 4.61. The lowest BCUT2D eigenvalue weighted by Gasteiger charge is -2.16.